The maximum absolute atomic E-state index is 7.33. The van der Waals surface area contributed by atoms with Gasteiger partial charge in [0.1, 0.15) is 0 Å². The van der Waals surface area contributed by atoms with Crippen LogP contribution in [0.15, 0.2) is 297 Å². The molecule has 0 saturated heterocycles. The third-order valence-corrected chi connectivity index (χ3v) is 21.2. The number of hydrogen-bond donors (Lipinski definition) is 0. The van der Waals surface area contributed by atoms with Gasteiger partial charge in [0, 0.05) is 17.4 Å². The zero-order valence-corrected chi connectivity index (χ0v) is 60.0. The Bertz CT molecular complexity index is 5370. The van der Waals surface area contributed by atoms with E-state index in [0.717, 1.165) is 105 Å². The number of para-hydroxylation sites is 6. The van der Waals surface area contributed by atoms with Crippen LogP contribution in [0.1, 0.15) is 107 Å². The molecule has 0 aliphatic carbocycles. The second-order valence-corrected chi connectivity index (χ2v) is 30.6. The number of nitrogens with zero attached hydrogens (tertiary/aromatic N) is 5. The summed E-state index contributed by atoms with van der Waals surface area (Å²) in [5.41, 5.74) is 27.7. The van der Waals surface area contributed by atoms with Crippen molar-refractivity contribution in [3.8, 4) is 67.4 Å². The van der Waals surface area contributed by atoms with Crippen molar-refractivity contribution in [3.63, 3.8) is 0 Å². The number of anilines is 6. The van der Waals surface area contributed by atoms with E-state index in [9.17, 15) is 0 Å². The first-order chi connectivity index (χ1) is 47.8. The summed E-state index contributed by atoms with van der Waals surface area (Å²) in [6, 6.07) is 107. The summed E-state index contributed by atoms with van der Waals surface area (Å²) in [5, 5.41) is 0. The molecule has 0 radical (unpaired) electrons. The molecule has 0 bridgehead atoms. The number of benzene rings is 12. The van der Waals surface area contributed by atoms with Crippen LogP contribution < -0.4 is 14.5 Å². The number of ether oxygens (including phenoxy) is 1. The predicted molar refractivity (Wildman–Crippen MR) is 408 cm³/mol. The van der Waals surface area contributed by atoms with Gasteiger partial charge in [-0.3, -0.25) is 0 Å². The molecule has 0 atom stereocenters. The Labute approximate surface area is 593 Å². The summed E-state index contributed by atoms with van der Waals surface area (Å²) in [6.07, 6.45) is 2.07. The first kappa shape index (κ1) is 63.1. The summed E-state index contributed by atoms with van der Waals surface area (Å²) in [4.78, 5) is 10.4. The van der Waals surface area contributed by atoms with Crippen LogP contribution in [-0.2, 0) is 41.0 Å². The SMILES string of the molecule is Cc1cc(N2c3ccccc3C3(c4ccccc4N(c4cc(C(C)(C)C)cc(C(C)(C)C)c4)c4ccccc43)c3ccc(Oc4cccc(-n5[c](=[Pt])n(-c6c(-c7ccccc7)cccc6-c6ccccc6)c6ccccc65)c4)cc32)ncc1-c1ccc(-c2ccc(C(C)(C)C)cc2)cc1. The van der Waals surface area contributed by atoms with Crippen molar-refractivity contribution in [2.45, 2.75) is 90.9 Å². The van der Waals surface area contributed by atoms with Crippen LogP contribution in [0, 0.1) is 10.7 Å². The van der Waals surface area contributed by atoms with Gasteiger partial charge in [-0.05, 0) is 86.4 Å². The van der Waals surface area contributed by atoms with E-state index in [-0.39, 0.29) is 16.2 Å². The van der Waals surface area contributed by atoms with Crippen molar-refractivity contribution in [2.24, 2.45) is 0 Å². The van der Waals surface area contributed by atoms with E-state index in [2.05, 4.69) is 405 Å². The van der Waals surface area contributed by atoms with Crippen LogP contribution in [0.3, 0.4) is 0 Å². The zero-order valence-electron chi connectivity index (χ0n) is 57.8. The standard InChI is InChI=1S/C92H79N5O.Pt/c1-61-53-87(93-59-76(61)66-45-43-62(44-46-66)63-47-49-67(50-48-63)89(2,3)4)97-83-40-22-19-37-79(83)92(77-35-17-20-38-81(77)96(82-39-21-18-36-78(82)92)71-55-68(90(5,6)7)54-69(56-71)91(8,9)10)80-52-51-73(58-86(80)97)98-72-32-25-31-70(57-72)94-60-95(85-42-24-23-41-84(85)94)88-74(64-27-13-11-14-28-64)33-26-34-75(88)65-29-15-12-16-30-65;/h11-59H,1-10H3;. The molecule has 14 aromatic rings. The van der Waals surface area contributed by atoms with Gasteiger partial charge in [-0.2, -0.15) is 0 Å². The minimum absolute atomic E-state index is 0.0876. The number of imidazole rings is 1. The van der Waals surface area contributed by atoms with Crippen molar-refractivity contribution < 1.29 is 24.1 Å². The molecule has 99 heavy (non-hydrogen) atoms. The molecule has 7 heteroatoms. The first-order valence-electron chi connectivity index (χ1n) is 34.4. The van der Waals surface area contributed by atoms with E-state index in [1.165, 1.54) is 44.5 Å². The molecule has 488 valence electrons. The zero-order chi connectivity index (χ0) is 68.1. The van der Waals surface area contributed by atoms with E-state index in [0.29, 0.717) is 11.5 Å². The van der Waals surface area contributed by atoms with Gasteiger partial charge in [0.25, 0.3) is 0 Å². The number of pyridine rings is 1. The fourth-order valence-electron chi connectivity index (χ4n) is 15.1. The molecule has 2 aliphatic rings. The van der Waals surface area contributed by atoms with Gasteiger partial charge in [0.05, 0.1) is 11.4 Å². The van der Waals surface area contributed by atoms with Crippen molar-refractivity contribution in [1.29, 1.82) is 0 Å². The Hall–Kier alpha value is -10.7. The summed E-state index contributed by atoms with van der Waals surface area (Å²) >= 11 is 2.53. The minimum Gasteiger partial charge on any atom is -0.0579 e. The molecule has 0 unspecified atom stereocenters. The molecule has 2 aromatic heterocycles. The van der Waals surface area contributed by atoms with E-state index in [1.807, 2.05) is 0 Å². The van der Waals surface area contributed by atoms with Crippen LogP contribution in [0.5, 0.6) is 11.5 Å². The molecule has 4 heterocycles. The fraction of sp³-hybridized carbons (Fsp3) is 0.152. The second kappa shape index (κ2) is 24.4. The Balaban J connectivity index is 0.859. The Morgan fingerprint density at radius 1 is 0.343 bits per heavy atom. The first-order valence-corrected chi connectivity index (χ1v) is 35.5. The molecule has 2 aliphatic heterocycles. The summed E-state index contributed by atoms with van der Waals surface area (Å²) in [5.74, 6) is 2.22. The predicted octanol–water partition coefficient (Wildman–Crippen LogP) is 24.5. The monoisotopic (exact) mass is 1460 g/mol. The van der Waals surface area contributed by atoms with Crippen molar-refractivity contribution in [2.75, 3.05) is 9.80 Å². The molecular formula is C92H79N5OPt. The Morgan fingerprint density at radius 2 is 0.798 bits per heavy atom. The van der Waals surface area contributed by atoms with Crippen LogP contribution in [0.4, 0.5) is 34.3 Å². The summed E-state index contributed by atoms with van der Waals surface area (Å²) in [6.45, 7) is 22.9. The van der Waals surface area contributed by atoms with Gasteiger partial charge in [-0.15, -0.1) is 0 Å². The van der Waals surface area contributed by atoms with Gasteiger partial charge < -0.3 is 4.90 Å². The van der Waals surface area contributed by atoms with Crippen LogP contribution in [-0.4, -0.2) is 14.1 Å². The number of aromatic nitrogens is 3. The molecule has 0 amide bonds. The van der Waals surface area contributed by atoms with E-state index in [1.54, 1.807) is 0 Å². The van der Waals surface area contributed by atoms with Crippen LogP contribution >= 0.6 is 0 Å². The quantitative estimate of drug-likeness (QED) is 0.137. The third-order valence-electron chi connectivity index (χ3n) is 20.2. The normalized spacial score (nSPS) is 13.3. The topological polar surface area (TPSA) is 38.5 Å². The second-order valence-electron chi connectivity index (χ2n) is 29.6. The van der Waals surface area contributed by atoms with E-state index in [4.69, 9.17) is 9.72 Å². The molecule has 0 N–H and O–H groups in total. The van der Waals surface area contributed by atoms with Crippen LogP contribution in [0.25, 0.3) is 66.9 Å². The average Bonchev–Trinajstić information content (AvgIpc) is 1.10. The minimum atomic E-state index is -0.802. The third kappa shape index (κ3) is 10.9. The molecule has 0 fully saturated rings. The molecule has 1 spiro atoms. The smallest absolute Gasteiger partial charge is 0.0579 e. The van der Waals surface area contributed by atoms with Gasteiger partial charge in [0.15, 0.2) is 0 Å². The van der Waals surface area contributed by atoms with Gasteiger partial charge in [-0.25, -0.2) is 0 Å². The molecule has 6 nitrogen and oxygen atoms in total. The van der Waals surface area contributed by atoms with Crippen molar-refractivity contribution in [1.82, 2.24) is 14.1 Å². The van der Waals surface area contributed by atoms with Gasteiger partial charge in [0.2, 0.25) is 0 Å². The van der Waals surface area contributed by atoms with Crippen molar-refractivity contribution in [3.05, 3.63) is 346 Å². The molecule has 16 rings (SSSR count). The Kier molecular flexibility index (Phi) is 15.6. The number of hydrogen-bond acceptors (Lipinski definition) is 4. The van der Waals surface area contributed by atoms with E-state index >= 15 is 0 Å². The number of fused-ring (bicyclic) bond motifs is 9. The molecule has 0 saturated carbocycles. The van der Waals surface area contributed by atoms with Gasteiger partial charge >= 0.3 is 306 Å². The number of rotatable bonds is 10. The Morgan fingerprint density at radius 3 is 1.34 bits per heavy atom. The average molecular weight is 1470 g/mol. The fourth-order valence-corrected chi connectivity index (χ4v) is 16.2. The summed E-state index contributed by atoms with van der Waals surface area (Å²) < 4.78 is 13.1. The van der Waals surface area contributed by atoms with Crippen molar-refractivity contribution >= 4 is 45.3 Å². The van der Waals surface area contributed by atoms with Gasteiger partial charge in [-0.1, -0.05) is 172 Å². The number of aryl methyl sites for hydroxylation is 1. The van der Waals surface area contributed by atoms with Crippen LogP contribution in [0.2, 0.25) is 0 Å². The summed E-state index contributed by atoms with van der Waals surface area (Å²) in [7, 11) is 0. The maximum atomic E-state index is 7.33. The molecule has 12 aromatic carbocycles. The molecular weight excluding hydrogens is 1390 g/mol. The van der Waals surface area contributed by atoms with E-state index < -0.39 is 5.41 Å².